The number of hydrogen-bond acceptors (Lipinski definition) is 0. The van der Waals surface area contributed by atoms with E-state index in [9.17, 15) is 0 Å². The third-order valence-electron chi connectivity index (χ3n) is 2.34. The molecular weight excluding hydrogens is 215 g/mol. The second-order valence-electron chi connectivity index (χ2n) is 3.52. The standard InChI is InChI=1S/C12H16Cl2/c1-2-11(13)5-3-4-10-6-8-12(14)9-7-10/h6-9,11H,2-5H2,1H3. The van der Waals surface area contributed by atoms with Crippen LogP contribution in [-0.2, 0) is 6.42 Å². The van der Waals surface area contributed by atoms with Gasteiger partial charge in [0.15, 0.2) is 0 Å². The smallest absolute Gasteiger partial charge is 0.0406 e. The molecule has 0 aromatic heterocycles. The van der Waals surface area contributed by atoms with Crippen molar-refractivity contribution in [2.45, 2.75) is 38.0 Å². The summed E-state index contributed by atoms with van der Waals surface area (Å²) in [4.78, 5) is 0. The summed E-state index contributed by atoms with van der Waals surface area (Å²) in [5.74, 6) is 0. The van der Waals surface area contributed by atoms with Gasteiger partial charge < -0.3 is 0 Å². The van der Waals surface area contributed by atoms with Crippen molar-refractivity contribution in [3.8, 4) is 0 Å². The summed E-state index contributed by atoms with van der Waals surface area (Å²) >= 11 is 11.8. The Bertz CT molecular complexity index is 254. The Hall–Kier alpha value is -0.200. The summed E-state index contributed by atoms with van der Waals surface area (Å²) in [6, 6.07) is 8.04. The maximum absolute atomic E-state index is 6.04. The van der Waals surface area contributed by atoms with E-state index in [1.165, 1.54) is 5.56 Å². The van der Waals surface area contributed by atoms with Crippen molar-refractivity contribution >= 4 is 23.2 Å². The SMILES string of the molecule is CCC(Cl)CCCc1ccc(Cl)cc1. The van der Waals surface area contributed by atoms with E-state index in [1.807, 2.05) is 12.1 Å². The van der Waals surface area contributed by atoms with E-state index in [-0.39, 0.29) is 0 Å². The molecule has 0 N–H and O–H groups in total. The zero-order valence-electron chi connectivity index (χ0n) is 8.47. The highest BCUT2D eigenvalue weighted by atomic mass is 35.5. The van der Waals surface area contributed by atoms with Crippen LogP contribution in [0.4, 0.5) is 0 Å². The predicted octanol–water partition coefficient (Wildman–Crippen LogP) is 4.68. The van der Waals surface area contributed by atoms with Crippen molar-refractivity contribution in [1.82, 2.24) is 0 Å². The molecular formula is C12H16Cl2. The molecule has 1 aromatic rings. The van der Waals surface area contributed by atoms with E-state index in [2.05, 4.69) is 19.1 Å². The maximum atomic E-state index is 6.04. The number of benzene rings is 1. The second kappa shape index (κ2) is 6.31. The van der Waals surface area contributed by atoms with Crippen molar-refractivity contribution in [2.24, 2.45) is 0 Å². The lowest BCUT2D eigenvalue weighted by Gasteiger charge is -2.05. The fraction of sp³-hybridized carbons (Fsp3) is 0.500. The van der Waals surface area contributed by atoms with Crippen LogP contribution in [0.5, 0.6) is 0 Å². The molecule has 0 spiro atoms. The average molecular weight is 231 g/mol. The number of hydrogen-bond donors (Lipinski definition) is 0. The van der Waals surface area contributed by atoms with Gasteiger partial charge in [-0.2, -0.15) is 0 Å². The molecule has 0 nitrogen and oxygen atoms in total. The zero-order valence-corrected chi connectivity index (χ0v) is 9.98. The molecule has 1 atom stereocenters. The number of rotatable bonds is 5. The Balaban J connectivity index is 2.28. The molecule has 0 radical (unpaired) electrons. The molecule has 0 aliphatic heterocycles. The quantitative estimate of drug-likeness (QED) is 0.645. The Morgan fingerprint density at radius 2 is 1.86 bits per heavy atom. The van der Waals surface area contributed by atoms with Crippen molar-refractivity contribution in [2.75, 3.05) is 0 Å². The highest BCUT2D eigenvalue weighted by Gasteiger charge is 2.00. The number of alkyl halides is 1. The molecule has 78 valence electrons. The Kier molecular flexibility index (Phi) is 5.36. The molecule has 1 rings (SSSR count). The summed E-state index contributed by atoms with van der Waals surface area (Å²) in [6.07, 6.45) is 4.41. The van der Waals surface area contributed by atoms with Gasteiger partial charge in [0.1, 0.15) is 0 Å². The molecule has 0 saturated heterocycles. The topological polar surface area (TPSA) is 0 Å². The van der Waals surface area contributed by atoms with Crippen molar-refractivity contribution in [3.63, 3.8) is 0 Å². The molecule has 0 fully saturated rings. The highest BCUT2D eigenvalue weighted by molar-refractivity contribution is 6.30. The Labute approximate surface area is 96.2 Å². The van der Waals surface area contributed by atoms with Gasteiger partial charge in [0.25, 0.3) is 0 Å². The van der Waals surface area contributed by atoms with E-state index in [0.29, 0.717) is 5.38 Å². The Morgan fingerprint density at radius 3 is 2.43 bits per heavy atom. The first-order valence-electron chi connectivity index (χ1n) is 5.11. The minimum absolute atomic E-state index is 0.335. The van der Waals surface area contributed by atoms with Crippen LogP contribution >= 0.6 is 23.2 Å². The van der Waals surface area contributed by atoms with Gasteiger partial charge in [0.05, 0.1) is 0 Å². The van der Waals surface area contributed by atoms with Crippen LogP contribution in [-0.4, -0.2) is 5.38 Å². The summed E-state index contributed by atoms with van der Waals surface area (Å²) in [5, 5.41) is 1.14. The van der Waals surface area contributed by atoms with Gasteiger partial charge >= 0.3 is 0 Å². The minimum atomic E-state index is 0.335. The molecule has 2 heteroatoms. The first-order valence-corrected chi connectivity index (χ1v) is 5.92. The van der Waals surface area contributed by atoms with E-state index in [0.717, 1.165) is 30.7 Å². The van der Waals surface area contributed by atoms with Crippen LogP contribution in [0, 0.1) is 0 Å². The third-order valence-corrected chi connectivity index (χ3v) is 3.12. The van der Waals surface area contributed by atoms with Gasteiger partial charge in [0.2, 0.25) is 0 Å². The molecule has 0 aliphatic rings. The largest absolute Gasteiger partial charge is 0.123 e. The fourth-order valence-electron chi connectivity index (χ4n) is 1.38. The van der Waals surface area contributed by atoms with Crippen LogP contribution in [0.1, 0.15) is 31.7 Å². The molecule has 1 aromatic carbocycles. The lowest BCUT2D eigenvalue weighted by atomic mass is 10.1. The summed E-state index contributed by atoms with van der Waals surface area (Å²) in [6.45, 7) is 2.12. The molecule has 0 bridgehead atoms. The van der Waals surface area contributed by atoms with Gasteiger partial charge in [-0.25, -0.2) is 0 Å². The molecule has 0 aliphatic carbocycles. The zero-order chi connectivity index (χ0) is 10.4. The summed E-state index contributed by atoms with van der Waals surface area (Å²) in [5.41, 5.74) is 1.34. The Morgan fingerprint density at radius 1 is 1.21 bits per heavy atom. The molecule has 14 heavy (non-hydrogen) atoms. The molecule has 0 amide bonds. The van der Waals surface area contributed by atoms with Crippen molar-refractivity contribution < 1.29 is 0 Å². The van der Waals surface area contributed by atoms with Crippen LogP contribution in [0.15, 0.2) is 24.3 Å². The molecule has 1 unspecified atom stereocenters. The molecule has 0 heterocycles. The average Bonchev–Trinajstić information content (AvgIpc) is 2.21. The van der Waals surface area contributed by atoms with Gasteiger partial charge in [-0.05, 0) is 43.4 Å². The minimum Gasteiger partial charge on any atom is -0.123 e. The maximum Gasteiger partial charge on any atom is 0.0406 e. The van der Waals surface area contributed by atoms with Crippen LogP contribution < -0.4 is 0 Å². The van der Waals surface area contributed by atoms with Crippen molar-refractivity contribution in [1.29, 1.82) is 0 Å². The van der Waals surface area contributed by atoms with E-state index in [4.69, 9.17) is 23.2 Å². The monoisotopic (exact) mass is 230 g/mol. The summed E-state index contributed by atoms with van der Waals surface area (Å²) in [7, 11) is 0. The van der Waals surface area contributed by atoms with Gasteiger partial charge in [-0.15, -0.1) is 11.6 Å². The second-order valence-corrected chi connectivity index (χ2v) is 4.58. The fourth-order valence-corrected chi connectivity index (χ4v) is 1.66. The van der Waals surface area contributed by atoms with Crippen LogP contribution in [0.3, 0.4) is 0 Å². The predicted molar refractivity (Wildman–Crippen MR) is 64.3 cm³/mol. The molecule has 0 saturated carbocycles. The first kappa shape index (κ1) is 11.9. The number of aryl methyl sites for hydroxylation is 1. The van der Waals surface area contributed by atoms with E-state index < -0.39 is 0 Å². The highest BCUT2D eigenvalue weighted by Crippen LogP contribution is 2.14. The normalized spacial score (nSPS) is 12.8. The van der Waals surface area contributed by atoms with E-state index >= 15 is 0 Å². The lowest BCUT2D eigenvalue weighted by Crippen LogP contribution is -1.96. The van der Waals surface area contributed by atoms with Crippen LogP contribution in [0.25, 0.3) is 0 Å². The lowest BCUT2D eigenvalue weighted by molar-refractivity contribution is 0.675. The number of halogens is 2. The third kappa shape index (κ3) is 4.34. The van der Waals surface area contributed by atoms with Gasteiger partial charge in [0, 0.05) is 10.4 Å². The first-order chi connectivity index (χ1) is 6.72. The van der Waals surface area contributed by atoms with Crippen LogP contribution in [0.2, 0.25) is 5.02 Å². The van der Waals surface area contributed by atoms with Crippen molar-refractivity contribution in [3.05, 3.63) is 34.9 Å². The van der Waals surface area contributed by atoms with E-state index in [1.54, 1.807) is 0 Å². The van der Waals surface area contributed by atoms with Gasteiger partial charge in [-0.3, -0.25) is 0 Å². The van der Waals surface area contributed by atoms with Gasteiger partial charge in [-0.1, -0.05) is 30.7 Å². The summed E-state index contributed by atoms with van der Waals surface area (Å²) < 4.78 is 0.